The van der Waals surface area contributed by atoms with E-state index in [9.17, 15) is 4.79 Å². The predicted octanol–water partition coefficient (Wildman–Crippen LogP) is 1.39. The molecule has 0 atom stereocenters. The minimum Gasteiger partial charge on any atom is -0.478 e. The number of nitrogens with two attached hydrogens (primary N) is 1. The first kappa shape index (κ1) is 16.2. The third kappa shape index (κ3) is 4.38. The number of aromatic carboxylic acids is 1. The molecule has 112 valence electrons. The molecule has 1 aromatic rings. The second kappa shape index (κ2) is 7.09. The zero-order valence-electron chi connectivity index (χ0n) is 12.6. The molecule has 0 fully saturated rings. The molecule has 0 aliphatic heterocycles. The summed E-state index contributed by atoms with van der Waals surface area (Å²) in [6.45, 7) is 6.62. The number of carbonyl (C=O) groups is 1. The van der Waals surface area contributed by atoms with Gasteiger partial charge in [0, 0.05) is 25.8 Å². The van der Waals surface area contributed by atoms with Crippen LogP contribution in [0.1, 0.15) is 24.2 Å². The lowest BCUT2D eigenvalue weighted by Crippen LogP contribution is -2.35. The number of hydrogen-bond acceptors (Lipinski definition) is 5. The van der Waals surface area contributed by atoms with Crippen molar-refractivity contribution in [2.45, 2.75) is 13.8 Å². The molecule has 0 unspecified atom stereocenters. The fourth-order valence-electron chi connectivity index (χ4n) is 1.95. The van der Waals surface area contributed by atoms with Crippen LogP contribution in [-0.4, -0.2) is 54.7 Å². The van der Waals surface area contributed by atoms with E-state index in [-0.39, 0.29) is 11.3 Å². The Balaban J connectivity index is 3.06. The highest BCUT2D eigenvalue weighted by Crippen LogP contribution is 2.24. The summed E-state index contributed by atoms with van der Waals surface area (Å²) in [5.74, 6) is -0.0319. The van der Waals surface area contributed by atoms with E-state index < -0.39 is 5.97 Å². The van der Waals surface area contributed by atoms with Gasteiger partial charge >= 0.3 is 5.97 Å². The molecule has 0 radical (unpaired) electrons. The van der Waals surface area contributed by atoms with Gasteiger partial charge in [-0.15, -0.1) is 0 Å². The quantitative estimate of drug-likeness (QED) is 0.785. The van der Waals surface area contributed by atoms with Gasteiger partial charge in [-0.2, -0.15) is 0 Å². The van der Waals surface area contributed by atoms with Crippen LogP contribution < -0.4 is 10.6 Å². The van der Waals surface area contributed by atoms with Crippen LogP contribution in [0.4, 0.5) is 11.5 Å². The largest absolute Gasteiger partial charge is 0.478 e. The number of nitrogens with zero attached hydrogens (tertiary/aromatic N) is 3. The number of aromatic nitrogens is 1. The summed E-state index contributed by atoms with van der Waals surface area (Å²) in [6.07, 6.45) is 1.50. The second-order valence-corrected chi connectivity index (χ2v) is 5.54. The van der Waals surface area contributed by atoms with Gasteiger partial charge < -0.3 is 20.6 Å². The first-order valence-corrected chi connectivity index (χ1v) is 6.70. The van der Waals surface area contributed by atoms with Crippen molar-refractivity contribution in [3.63, 3.8) is 0 Å². The highest BCUT2D eigenvalue weighted by Gasteiger charge is 2.18. The molecule has 3 N–H and O–H groups in total. The zero-order valence-corrected chi connectivity index (χ0v) is 12.6. The molecule has 0 aliphatic carbocycles. The van der Waals surface area contributed by atoms with Crippen LogP contribution in [-0.2, 0) is 0 Å². The van der Waals surface area contributed by atoms with Crippen molar-refractivity contribution >= 4 is 17.5 Å². The summed E-state index contributed by atoms with van der Waals surface area (Å²) in [4.78, 5) is 19.5. The molecule has 6 heteroatoms. The number of likely N-dealkylation sites (N-methyl/N-ethyl adjacent to an activating group) is 1. The third-order valence-corrected chi connectivity index (χ3v) is 2.90. The van der Waals surface area contributed by atoms with Gasteiger partial charge in [0.05, 0.1) is 11.3 Å². The summed E-state index contributed by atoms with van der Waals surface area (Å²) in [5.41, 5.74) is 6.31. The number of hydrogen-bond donors (Lipinski definition) is 2. The van der Waals surface area contributed by atoms with Crippen LogP contribution in [0.5, 0.6) is 0 Å². The Morgan fingerprint density at radius 3 is 2.55 bits per heavy atom. The minimum atomic E-state index is -1.02. The lowest BCUT2D eigenvalue weighted by molar-refractivity contribution is 0.0698. The molecule has 1 rings (SSSR count). The van der Waals surface area contributed by atoms with E-state index in [1.165, 1.54) is 12.3 Å². The maximum atomic E-state index is 11.2. The van der Waals surface area contributed by atoms with Crippen LogP contribution in [0.3, 0.4) is 0 Å². The van der Waals surface area contributed by atoms with E-state index in [1.807, 2.05) is 19.0 Å². The molecule has 1 aromatic heterocycles. The SMILES string of the molecule is CC(C)CN(CCN(C)C)c1nccc(C(=O)O)c1N. The molecule has 0 saturated carbocycles. The van der Waals surface area contributed by atoms with Crippen LogP contribution >= 0.6 is 0 Å². The van der Waals surface area contributed by atoms with E-state index in [0.717, 1.165) is 19.6 Å². The second-order valence-electron chi connectivity index (χ2n) is 5.54. The molecule has 0 spiro atoms. The fourth-order valence-corrected chi connectivity index (χ4v) is 1.95. The minimum absolute atomic E-state index is 0.105. The Hall–Kier alpha value is -1.82. The van der Waals surface area contributed by atoms with E-state index in [4.69, 9.17) is 10.8 Å². The van der Waals surface area contributed by atoms with Crippen LogP contribution in [0.2, 0.25) is 0 Å². The Labute approximate surface area is 120 Å². The van der Waals surface area contributed by atoms with Crippen molar-refractivity contribution < 1.29 is 9.90 Å². The summed E-state index contributed by atoms with van der Waals surface area (Å²) >= 11 is 0. The smallest absolute Gasteiger partial charge is 0.337 e. The fraction of sp³-hybridized carbons (Fsp3) is 0.571. The average Bonchev–Trinajstić information content (AvgIpc) is 2.34. The predicted molar refractivity (Wildman–Crippen MR) is 81.2 cm³/mol. The highest BCUT2D eigenvalue weighted by atomic mass is 16.4. The van der Waals surface area contributed by atoms with Gasteiger partial charge in [0.2, 0.25) is 0 Å². The Morgan fingerprint density at radius 2 is 2.05 bits per heavy atom. The van der Waals surface area contributed by atoms with Gasteiger partial charge in [-0.1, -0.05) is 13.8 Å². The van der Waals surface area contributed by atoms with Gasteiger partial charge in [0.25, 0.3) is 0 Å². The molecule has 0 amide bonds. The summed E-state index contributed by atoms with van der Waals surface area (Å²) in [7, 11) is 4.00. The number of rotatable bonds is 7. The van der Waals surface area contributed by atoms with E-state index >= 15 is 0 Å². The first-order valence-electron chi connectivity index (χ1n) is 6.70. The van der Waals surface area contributed by atoms with Crippen molar-refractivity contribution in [2.75, 3.05) is 44.4 Å². The first-order chi connectivity index (χ1) is 9.32. The molecule has 6 nitrogen and oxygen atoms in total. The Kier molecular flexibility index (Phi) is 5.76. The molecular weight excluding hydrogens is 256 g/mol. The standard InChI is InChI=1S/C14H24N4O2/c1-10(2)9-18(8-7-17(3)4)13-12(15)11(14(19)20)5-6-16-13/h5-6,10H,7-9,15H2,1-4H3,(H,19,20). The summed E-state index contributed by atoms with van der Waals surface area (Å²) in [5, 5.41) is 9.14. The lowest BCUT2D eigenvalue weighted by atomic mass is 10.1. The average molecular weight is 280 g/mol. The van der Waals surface area contributed by atoms with Gasteiger partial charge in [-0.25, -0.2) is 9.78 Å². The molecule has 0 aromatic carbocycles. The molecule has 0 bridgehead atoms. The number of pyridine rings is 1. The van der Waals surface area contributed by atoms with Crippen molar-refractivity contribution in [1.29, 1.82) is 0 Å². The zero-order chi connectivity index (χ0) is 15.3. The molecule has 20 heavy (non-hydrogen) atoms. The highest BCUT2D eigenvalue weighted by molar-refractivity contribution is 5.96. The Bertz CT molecular complexity index is 460. The maximum absolute atomic E-state index is 11.2. The Morgan fingerprint density at radius 1 is 1.40 bits per heavy atom. The lowest BCUT2D eigenvalue weighted by Gasteiger charge is -2.28. The summed E-state index contributed by atoms with van der Waals surface area (Å²) in [6, 6.07) is 1.43. The van der Waals surface area contributed by atoms with Crippen LogP contribution in [0, 0.1) is 5.92 Å². The summed E-state index contributed by atoms with van der Waals surface area (Å²) < 4.78 is 0. The maximum Gasteiger partial charge on any atom is 0.337 e. The van der Waals surface area contributed by atoms with E-state index in [0.29, 0.717) is 11.7 Å². The van der Waals surface area contributed by atoms with Gasteiger partial charge in [0.15, 0.2) is 5.82 Å². The normalized spacial score (nSPS) is 11.1. The van der Waals surface area contributed by atoms with E-state index in [2.05, 4.69) is 23.7 Å². The van der Waals surface area contributed by atoms with Gasteiger partial charge in [-0.3, -0.25) is 0 Å². The van der Waals surface area contributed by atoms with Crippen molar-refractivity contribution in [2.24, 2.45) is 5.92 Å². The topological polar surface area (TPSA) is 82.7 Å². The molecule has 0 aliphatic rings. The van der Waals surface area contributed by atoms with Crippen molar-refractivity contribution in [1.82, 2.24) is 9.88 Å². The third-order valence-electron chi connectivity index (χ3n) is 2.90. The number of anilines is 2. The van der Waals surface area contributed by atoms with Crippen LogP contribution in [0.15, 0.2) is 12.3 Å². The van der Waals surface area contributed by atoms with Gasteiger partial charge in [-0.05, 0) is 26.1 Å². The number of carboxylic acids is 1. The molecule has 1 heterocycles. The number of nitrogen functional groups attached to an aromatic ring is 1. The molecule has 0 saturated heterocycles. The van der Waals surface area contributed by atoms with Crippen molar-refractivity contribution in [3.05, 3.63) is 17.8 Å². The monoisotopic (exact) mass is 280 g/mol. The van der Waals surface area contributed by atoms with Crippen molar-refractivity contribution in [3.8, 4) is 0 Å². The van der Waals surface area contributed by atoms with Crippen LogP contribution in [0.25, 0.3) is 0 Å². The molecular formula is C14H24N4O2. The number of carboxylic acid groups (broad SMARTS) is 1. The van der Waals surface area contributed by atoms with Gasteiger partial charge in [0.1, 0.15) is 0 Å². The van der Waals surface area contributed by atoms with E-state index in [1.54, 1.807) is 0 Å².